The summed E-state index contributed by atoms with van der Waals surface area (Å²) in [5, 5.41) is 5.37. The van der Waals surface area contributed by atoms with Crippen LogP contribution in [0.3, 0.4) is 0 Å². The van der Waals surface area contributed by atoms with E-state index in [9.17, 15) is 24.0 Å². The minimum atomic E-state index is -0.712. The molecule has 2 aliphatic heterocycles. The Bertz CT molecular complexity index is 1280. The maximum absolute atomic E-state index is 13.1. The number of amides is 3. The standard InChI is InChI=1S/C27H25N3O5/c1-15-18(16-6-3-2-4-7-16)12-23(31)19(25(15)33)13-28-21-9-5-8-17-20(21)14-30(27(17)35)22-10-11-24(32)29-26(22)34/h2-9,13,15,18,22,28H,10-12,14H2,1H3,(H,29,32,34)/b19-13+. The molecule has 2 aromatic carbocycles. The number of fused-ring (bicyclic) bond motifs is 1. The van der Waals surface area contributed by atoms with Crippen molar-refractivity contribution in [2.24, 2.45) is 5.92 Å². The summed E-state index contributed by atoms with van der Waals surface area (Å²) in [6.45, 7) is 2.04. The molecule has 2 N–H and O–H groups in total. The third-order valence-electron chi connectivity index (χ3n) is 7.17. The molecule has 1 aliphatic carbocycles. The molecular formula is C27H25N3O5. The van der Waals surface area contributed by atoms with Gasteiger partial charge in [-0.15, -0.1) is 0 Å². The summed E-state index contributed by atoms with van der Waals surface area (Å²) in [4.78, 5) is 64.3. The second-order valence-corrected chi connectivity index (χ2v) is 9.23. The van der Waals surface area contributed by atoms with Gasteiger partial charge < -0.3 is 10.2 Å². The number of carbonyl (C=O) groups is 5. The molecule has 3 unspecified atom stereocenters. The number of nitrogens with one attached hydrogen (secondary N) is 2. The minimum Gasteiger partial charge on any atom is -0.361 e. The van der Waals surface area contributed by atoms with E-state index < -0.39 is 11.9 Å². The van der Waals surface area contributed by atoms with Gasteiger partial charge in [0.15, 0.2) is 11.6 Å². The second kappa shape index (κ2) is 8.94. The lowest BCUT2D eigenvalue weighted by molar-refractivity contribution is -0.137. The molecule has 0 bridgehead atoms. The van der Waals surface area contributed by atoms with Crippen molar-refractivity contribution in [2.45, 2.75) is 44.7 Å². The van der Waals surface area contributed by atoms with Crippen molar-refractivity contribution in [1.82, 2.24) is 10.2 Å². The Hall–Kier alpha value is -4.07. The van der Waals surface area contributed by atoms with Gasteiger partial charge in [0.05, 0.1) is 5.57 Å². The largest absolute Gasteiger partial charge is 0.361 e. The number of imide groups is 1. The number of hydrogen-bond acceptors (Lipinski definition) is 6. The summed E-state index contributed by atoms with van der Waals surface area (Å²) in [6, 6.07) is 14.0. The van der Waals surface area contributed by atoms with Crippen LogP contribution in [0.4, 0.5) is 5.69 Å². The van der Waals surface area contributed by atoms with Crippen LogP contribution in [-0.2, 0) is 25.7 Å². The lowest BCUT2D eigenvalue weighted by atomic mass is 9.73. The molecule has 5 rings (SSSR count). The van der Waals surface area contributed by atoms with Crippen molar-refractivity contribution in [3.05, 3.63) is 77.0 Å². The van der Waals surface area contributed by atoms with Gasteiger partial charge in [0.25, 0.3) is 5.91 Å². The Kier molecular flexibility index (Phi) is 5.80. The van der Waals surface area contributed by atoms with E-state index in [4.69, 9.17) is 0 Å². The van der Waals surface area contributed by atoms with Gasteiger partial charge in [-0.2, -0.15) is 0 Å². The predicted molar refractivity (Wildman–Crippen MR) is 127 cm³/mol. The van der Waals surface area contributed by atoms with Gasteiger partial charge in [0.1, 0.15) is 6.04 Å². The lowest BCUT2D eigenvalue weighted by Crippen LogP contribution is -2.52. The minimum absolute atomic E-state index is 0.119. The van der Waals surface area contributed by atoms with E-state index in [1.165, 1.54) is 11.1 Å². The van der Waals surface area contributed by atoms with Crippen molar-refractivity contribution in [2.75, 3.05) is 5.32 Å². The quantitative estimate of drug-likeness (QED) is 0.403. The average molecular weight is 472 g/mol. The Morgan fingerprint density at radius 2 is 1.77 bits per heavy atom. The number of carbonyl (C=O) groups excluding carboxylic acids is 5. The van der Waals surface area contributed by atoms with Crippen LogP contribution in [0.25, 0.3) is 0 Å². The van der Waals surface area contributed by atoms with Gasteiger partial charge in [-0.25, -0.2) is 0 Å². The van der Waals surface area contributed by atoms with Crippen LogP contribution >= 0.6 is 0 Å². The van der Waals surface area contributed by atoms with E-state index in [0.29, 0.717) is 16.8 Å². The number of allylic oxidation sites excluding steroid dienone is 1. The molecule has 0 spiro atoms. The van der Waals surface area contributed by atoms with E-state index >= 15 is 0 Å². The van der Waals surface area contributed by atoms with Gasteiger partial charge in [-0.3, -0.25) is 29.3 Å². The van der Waals surface area contributed by atoms with Gasteiger partial charge in [0, 0.05) is 54.2 Å². The Morgan fingerprint density at radius 3 is 2.51 bits per heavy atom. The predicted octanol–water partition coefficient (Wildman–Crippen LogP) is 2.71. The van der Waals surface area contributed by atoms with Gasteiger partial charge in [0.2, 0.25) is 11.8 Å². The fraction of sp³-hybridized carbons (Fsp3) is 0.296. The van der Waals surface area contributed by atoms with Crippen LogP contribution in [0.15, 0.2) is 60.3 Å². The first-order valence-electron chi connectivity index (χ1n) is 11.7. The summed E-state index contributed by atoms with van der Waals surface area (Å²) in [5.41, 5.74) is 2.83. The molecule has 3 amide bonds. The van der Waals surface area contributed by atoms with Crippen molar-refractivity contribution in [3.63, 3.8) is 0 Å². The van der Waals surface area contributed by atoms with E-state index in [-0.39, 0.29) is 66.6 Å². The number of rotatable bonds is 4. The first-order chi connectivity index (χ1) is 16.8. The number of benzene rings is 2. The van der Waals surface area contributed by atoms with E-state index in [2.05, 4.69) is 10.6 Å². The average Bonchev–Trinajstić information content (AvgIpc) is 3.19. The van der Waals surface area contributed by atoms with Gasteiger partial charge in [-0.05, 0) is 24.1 Å². The number of ketones is 2. The van der Waals surface area contributed by atoms with Crippen LogP contribution in [-0.4, -0.2) is 40.2 Å². The zero-order chi connectivity index (χ0) is 24.7. The molecule has 3 aliphatic rings. The van der Waals surface area contributed by atoms with Crippen molar-refractivity contribution >= 4 is 35.0 Å². The number of nitrogens with zero attached hydrogens (tertiary/aromatic N) is 1. The SMILES string of the molecule is CC1C(=O)/C(=C/Nc2cccc3c2CN(C2CCC(=O)NC2=O)C3=O)C(=O)CC1c1ccccc1. The van der Waals surface area contributed by atoms with E-state index in [1.807, 2.05) is 37.3 Å². The Morgan fingerprint density at radius 1 is 1.00 bits per heavy atom. The van der Waals surface area contributed by atoms with Crippen molar-refractivity contribution < 1.29 is 24.0 Å². The number of piperidine rings is 1. The zero-order valence-corrected chi connectivity index (χ0v) is 19.2. The maximum atomic E-state index is 13.1. The first kappa shape index (κ1) is 22.7. The molecule has 8 heteroatoms. The lowest BCUT2D eigenvalue weighted by Gasteiger charge is -2.29. The van der Waals surface area contributed by atoms with Gasteiger partial charge >= 0.3 is 0 Å². The second-order valence-electron chi connectivity index (χ2n) is 9.23. The molecule has 3 atom stereocenters. The monoisotopic (exact) mass is 471 g/mol. The Balaban J connectivity index is 1.36. The fourth-order valence-electron chi connectivity index (χ4n) is 5.18. The molecule has 2 heterocycles. The molecule has 0 radical (unpaired) electrons. The van der Waals surface area contributed by atoms with Crippen molar-refractivity contribution in [3.8, 4) is 0 Å². The highest BCUT2D eigenvalue weighted by atomic mass is 16.2. The summed E-state index contributed by atoms with van der Waals surface area (Å²) in [6.07, 6.45) is 2.15. The fourth-order valence-corrected chi connectivity index (χ4v) is 5.18. The normalized spacial score (nSPS) is 25.6. The first-order valence-corrected chi connectivity index (χ1v) is 11.7. The number of Topliss-reactive ketones (excluding diaryl/α,β-unsaturated/α-hetero) is 2. The van der Waals surface area contributed by atoms with Gasteiger partial charge in [-0.1, -0.05) is 43.3 Å². The molecule has 0 aromatic heterocycles. The molecule has 1 saturated heterocycles. The summed E-state index contributed by atoms with van der Waals surface area (Å²) in [7, 11) is 0. The molecule has 8 nitrogen and oxygen atoms in total. The van der Waals surface area contributed by atoms with Crippen LogP contribution in [0, 0.1) is 5.92 Å². The van der Waals surface area contributed by atoms with Crippen LogP contribution < -0.4 is 10.6 Å². The highest BCUT2D eigenvalue weighted by molar-refractivity contribution is 6.23. The molecule has 1 saturated carbocycles. The third-order valence-corrected chi connectivity index (χ3v) is 7.17. The molecule has 35 heavy (non-hydrogen) atoms. The number of hydrogen-bond donors (Lipinski definition) is 2. The smallest absolute Gasteiger partial charge is 0.255 e. The molecule has 2 aromatic rings. The zero-order valence-electron chi connectivity index (χ0n) is 19.2. The molecular weight excluding hydrogens is 446 g/mol. The van der Waals surface area contributed by atoms with Crippen LogP contribution in [0.2, 0.25) is 0 Å². The Labute approximate surface area is 202 Å². The van der Waals surface area contributed by atoms with E-state index in [1.54, 1.807) is 18.2 Å². The van der Waals surface area contributed by atoms with Crippen molar-refractivity contribution in [1.29, 1.82) is 0 Å². The van der Waals surface area contributed by atoms with Crippen LogP contribution in [0.5, 0.6) is 0 Å². The highest BCUT2D eigenvalue weighted by Crippen LogP contribution is 2.37. The maximum Gasteiger partial charge on any atom is 0.255 e. The molecule has 2 fully saturated rings. The topological polar surface area (TPSA) is 113 Å². The summed E-state index contributed by atoms with van der Waals surface area (Å²) in [5.74, 6) is -2.02. The third kappa shape index (κ3) is 4.05. The molecule has 178 valence electrons. The van der Waals surface area contributed by atoms with Crippen LogP contribution in [0.1, 0.15) is 53.6 Å². The van der Waals surface area contributed by atoms with E-state index in [0.717, 1.165) is 5.56 Å². The summed E-state index contributed by atoms with van der Waals surface area (Å²) >= 11 is 0. The highest BCUT2D eigenvalue weighted by Gasteiger charge is 2.40. The summed E-state index contributed by atoms with van der Waals surface area (Å²) < 4.78 is 0. The number of anilines is 1.